The van der Waals surface area contributed by atoms with E-state index in [-0.39, 0.29) is 35.5 Å². The van der Waals surface area contributed by atoms with Crippen molar-refractivity contribution < 1.29 is 14.4 Å². The molecule has 5 heteroatoms. The van der Waals surface area contributed by atoms with Gasteiger partial charge in [-0.05, 0) is 37.7 Å². The van der Waals surface area contributed by atoms with Crippen molar-refractivity contribution in [1.29, 1.82) is 0 Å². The summed E-state index contributed by atoms with van der Waals surface area (Å²) >= 11 is 0. The van der Waals surface area contributed by atoms with Crippen molar-refractivity contribution in [1.82, 2.24) is 10.2 Å². The summed E-state index contributed by atoms with van der Waals surface area (Å²) in [5, 5.41) is 2.92. The Bertz CT molecular complexity index is 725. The van der Waals surface area contributed by atoms with Crippen LogP contribution in [0.25, 0.3) is 0 Å². The molecule has 0 radical (unpaired) electrons. The smallest absolute Gasteiger partial charge is 0.243 e. The predicted octanol–water partition coefficient (Wildman–Crippen LogP) is 2.98. The normalized spacial score (nSPS) is 22.9. The number of imide groups is 1. The van der Waals surface area contributed by atoms with Crippen LogP contribution in [0.4, 0.5) is 0 Å². The highest BCUT2D eigenvalue weighted by Crippen LogP contribution is 2.37. The van der Waals surface area contributed by atoms with E-state index in [9.17, 15) is 14.4 Å². The summed E-state index contributed by atoms with van der Waals surface area (Å²) in [4.78, 5) is 39.9. The van der Waals surface area contributed by atoms with Crippen molar-refractivity contribution >= 4 is 17.7 Å². The molecule has 1 heterocycles. The lowest BCUT2D eigenvalue weighted by atomic mass is 9.85. The first-order valence-corrected chi connectivity index (χ1v) is 9.73. The molecule has 3 rings (SSSR count). The summed E-state index contributed by atoms with van der Waals surface area (Å²) in [5.41, 5.74) is 2.15. The van der Waals surface area contributed by atoms with Gasteiger partial charge >= 0.3 is 0 Å². The van der Waals surface area contributed by atoms with Crippen LogP contribution in [-0.4, -0.2) is 28.7 Å². The summed E-state index contributed by atoms with van der Waals surface area (Å²) in [6, 6.07) is 7.20. The lowest BCUT2D eigenvalue weighted by molar-refractivity contribution is -0.148. The van der Waals surface area contributed by atoms with Gasteiger partial charge in [0.05, 0.1) is 11.8 Å². The van der Waals surface area contributed by atoms with Gasteiger partial charge in [0.1, 0.15) is 6.04 Å². The highest BCUT2D eigenvalue weighted by molar-refractivity contribution is 6.08. The van der Waals surface area contributed by atoms with E-state index in [0.717, 1.165) is 11.1 Å². The first kappa shape index (κ1) is 19.3. The Labute approximate surface area is 160 Å². The summed E-state index contributed by atoms with van der Waals surface area (Å²) in [7, 11) is 0. The van der Waals surface area contributed by atoms with Crippen LogP contribution < -0.4 is 5.32 Å². The van der Waals surface area contributed by atoms with Gasteiger partial charge in [-0.25, -0.2) is 0 Å². The number of amides is 3. The third-order valence-electron chi connectivity index (χ3n) is 5.44. The zero-order valence-corrected chi connectivity index (χ0v) is 16.3. The van der Waals surface area contributed by atoms with E-state index in [1.54, 1.807) is 0 Å². The van der Waals surface area contributed by atoms with E-state index in [2.05, 4.69) is 5.32 Å². The van der Waals surface area contributed by atoms with Crippen LogP contribution in [0.2, 0.25) is 0 Å². The molecule has 144 valence electrons. The van der Waals surface area contributed by atoms with E-state index in [0.29, 0.717) is 25.8 Å². The van der Waals surface area contributed by atoms with Crippen LogP contribution in [-0.2, 0) is 20.9 Å². The van der Waals surface area contributed by atoms with Crippen LogP contribution >= 0.6 is 0 Å². The largest absolute Gasteiger partial charge is 0.350 e. The summed E-state index contributed by atoms with van der Waals surface area (Å²) in [6.07, 6.45) is 5.58. The number of likely N-dealkylation sites (tertiary alicyclic amines) is 1. The average Bonchev–Trinajstić information content (AvgIpc) is 2.90. The van der Waals surface area contributed by atoms with Crippen LogP contribution in [0.1, 0.15) is 44.2 Å². The molecule has 0 saturated carbocycles. The molecule has 1 fully saturated rings. The van der Waals surface area contributed by atoms with Crippen molar-refractivity contribution in [3.8, 4) is 0 Å². The standard InChI is InChI=1S/C22H28N2O3/c1-14(2)12-19(20(25)23-13-16-10-8-15(3)9-11-16)24-21(26)17-6-4-5-7-18(17)22(24)27/h4-5,8-11,14,17-19H,6-7,12-13H2,1-3H3,(H,23,25)/t17-,18+,19-/m1/s1. The van der Waals surface area contributed by atoms with Crippen molar-refractivity contribution in [2.24, 2.45) is 17.8 Å². The molecule has 1 aliphatic carbocycles. The van der Waals surface area contributed by atoms with Crippen molar-refractivity contribution in [2.45, 2.75) is 52.6 Å². The fraction of sp³-hybridized carbons (Fsp3) is 0.500. The Morgan fingerprint density at radius 1 is 1.07 bits per heavy atom. The third kappa shape index (κ3) is 4.12. The number of hydrogen-bond donors (Lipinski definition) is 1. The van der Waals surface area contributed by atoms with E-state index in [4.69, 9.17) is 0 Å². The number of carbonyl (C=O) groups excluding carboxylic acids is 3. The zero-order valence-electron chi connectivity index (χ0n) is 16.3. The molecule has 27 heavy (non-hydrogen) atoms. The number of carbonyl (C=O) groups is 3. The lowest BCUT2D eigenvalue weighted by Gasteiger charge is -2.27. The monoisotopic (exact) mass is 368 g/mol. The topological polar surface area (TPSA) is 66.5 Å². The van der Waals surface area contributed by atoms with Crippen molar-refractivity contribution in [3.05, 3.63) is 47.5 Å². The Morgan fingerprint density at radius 2 is 1.63 bits per heavy atom. The van der Waals surface area contributed by atoms with Crippen LogP contribution in [0.3, 0.4) is 0 Å². The second-order valence-electron chi connectivity index (χ2n) is 8.05. The summed E-state index contributed by atoms with van der Waals surface area (Å²) in [5.74, 6) is -1.04. The molecule has 0 aromatic heterocycles. The molecule has 5 nitrogen and oxygen atoms in total. The molecular formula is C22H28N2O3. The molecule has 1 aromatic rings. The molecular weight excluding hydrogens is 340 g/mol. The third-order valence-corrected chi connectivity index (χ3v) is 5.44. The van der Waals surface area contributed by atoms with Gasteiger partial charge in [0, 0.05) is 6.54 Å². The maximum Gasteiger partial charge on any atom is 0.243 e. The number of fused-ring (bicyclic) bond motifs is 1. The van der Waals surface area contributed by atoms with E-state index in [1.165, 1.54) is 4.90 Å². The van der Waals surface area contributed by atoms with Crippen LogP contribution in [0.5, 0.6) is 0 Å². The molecule has 3 atom stereocenters. The number of hydrogen-bond acceptors (Lipinski definition) is 3. The molecule has 0 bridgehead atoms. The predicted molar refractivity (Wildman–Crippen MR) is 103 cm³/mol. The second kappa shape index (κ2) is 8.07. The Hall–Kier alpha value is -2.43. The Kier molecular flexibility index (Phi) is 5.78. The van der Waals surface area contributed by atoms with Gasteiger partial charge in [-0.1, -0.05) is 55.8 Å². The Morgan fingerprint density at radius 3 is 2.15 bits per heavy atom. The Balaban J connectivity index is 1.75. The minimum Gasteiger partial charge on any atom is -0.350 e. The first-order chi connectivity index (χ1) is 12.9. The SMILES string of the molecule is Cc1ccc(CNC(=O)[C@@H](CC(C)C)N2C(=O)[C@H]3CC=CC[C@H]3C2=O)cc1. The highest BCUT2D eigenvalue weighted by Gasteiger charge is 2.51. The van der Waals surface area contributed by atoms with Gasteiger partial charge in [0.25, 0.3) is 0 Å². The fourth-order valence-electron chi connectivity index (χ4n) is 3.92. The van der Waals surface area contributed by atoms with Crippen LogP contribution in [0.15, 0.2) is 36.4 Å². The quantitative estimate of drug-likeness (QED) is 0.620. The van der Waals surface area contributed by atoms with Crippen molar-refractivity contribution in [3.63, 3.8) is 0 Å². The first-order valence-electron chi connectivity index (χ1n) is 9.73. The molecule has 0 unspecified atom stereocenters. The number of nitrogens with one attached hydrogen (secondary N) is 1. The number of allylic oxidation sites excluding steroid dienone is 2. The zero-order chi connectivity index (χ0) is 19.6. The minimum atomic E-state index is -0.735. The van der Waals surface area contributed by atoms with Gasteiger partial charge < -0.3 is 5.32 Å². The molecule has 1 N–H and O–H groups in total. The number of nitrogens with zero attached hydrogens (tertiary/aromatic N) is 1. The number of benzene rings is 1. The van der Waals surface area contributed by atoms with Gasteiger partial charge in [-0.2, -0.15) is 0 Å². The molecule has 1 saturated heterocycles. The molecule has 2 aliphatic rings. The maximum absolute atomic E-state index is 12.9. The van der Waals surface area contributed by atoms with E-state index < -0.39 is 6.04 Å². The second-order valence-corrected chi connectivity index (χ2v) is 8.05. The van der Waals surface area contributed by atoms with Gasteiger partial charge in [0.15, 0.2) is 0 Å². The summed E-state index contributed by atoms with van der Waals surface area (Å²) in [6.45, 7) is 6.40. The lowest BCUT2D eigenvalue weighted by Crippen LogP contribution is -2.50. The molecule has 1 aromatic carbocycles. The molecule has 3 amide bonds. The van der Waals surface area contributed by atoms with Gasteiger partial charge in [-0.15, -0.1) is 0 Å². The van der Waals surface area contributed by atoms with Gasteiger partial charge in [-0.3, -0.25) is 19.3 Å². The molecule has 1 aliphatic heterocycles. The number of rotatable bonds is 6. The number of aryl methyl sites for hydroxylation is 1. The minimum absolute atomic E-state index is 0.189. The van der Waals surface area contributed by atoms with E-state index in [1.807, 2.05) is 57.2 Å². The average molecular weight is 368 g/mol. The fourth-order valence-corrected chi connectivity index (χ4v) is 3.92. The highest BCUT2D eigenvalue weighted by atomic mass is 16.2. The van der Waals surface area contributed by atoms with Gasteiger partial charge in [0.2, 0.25) is 17.7 Å². The molecule has 0 spiro atoms. The maximum atomic E-state index is 12.9. The van der Waals surface area contributed by atoms with E-state index >= 15 is 0 Å². The van der Waals surface area contributed by atoms with Crippen molar-refractivity contribution in [2.75, 3.05) is 0 Å². The summed E-state index contributed by atoms with van der Waals surface area (Å²) < 4.78 is 0. The van der Waals surface area contributed by atoms with Crippen LogP contribution in [0, 0.1) is 24.7 Å².